The summed E-state index contributed by atoms with van der Waals surface area (Å²) in [6.07, 6.45) is 3.42. The van der Waals surface area contributed by atoms with Crippen molar-refractivity contribution < 1.29 is 14.6 Å². The summed E-state index contributed by atoms with van der Waals surface area (Å²) >= 11 is 0. The average molecular weight is 312 g/mol. The van der Waals surface area contributed by atoms with Crippen LogP contribution in [0.25, 0.3) is 0 Å². The summed E-state index contributed by atoms with van der Waals surface area (Å²) in [5.74, 6) is -0.256. The van der Waals surface area contributed by atoms with Crippen LogP contribution in [0.1, 0.15) is 60.1 Å². The fourth-order valence-corrected chi connectivity index (χ4v) is 4.45. The summed E-state index contributed by atoms with van der Waals surface area (Å²) in [5.41, 5.74) is 1.64. The SMILES string of the molecule is C[C@@]1(O)c2ccccc2[C@](C)(O)c2c1cc(F)c1c2CCCC1. The lowest BCUT2D eigenvalue weighted by atomic mass is 9.65. The third-order valence-electron chi connectivity index (χ3n) is 5.59. The lowest BCUT2D eigenvalue weighted by molar-refractivity contribution is 0.0495. The highest BCUT2D eigenvalue weighted by Gasteiger charge is 2.46. The van der Waals surface area contributed by atoms with Crippen LogP contribution in [0.3, 0.4) is 0 Å². The molecule has 4 rings (SSSR count). The Bertz CT molecular complexity index is 806. The van der Waals surface area contributed by atoms with Gasteiger partial charge in [0.1, 0.15) is 17.0 Å². The Balaban J connectivity index is 2.12. The second kappa shape index (κ2) is 4.65. The molecule has 0 spiro atoms. The van der Waals surface area contributed by atoms with Crippen molar-refractivity contribution in [2.45, 2.75) is 50.7 Å². The van der Waals surface area contributed by atoms with Gasteiger partial charge < -0.3 is 10.2 Å². The Hall–Kier alpha value is -1.71. The summed E-state index contributed by atoms with van der Waals surface area (Å²) in [5, 5.41) is 22.5. The topological polar surface area (TPSA) is 40.5 Å². The quantitative estimate of drug-likeness (QED) is 0.781. The number of rotatable bonds is 0. The lowest BCUT2D eigenvalue weighted by Gasteiger charge is -2.43. The van der Waals surface area contributed by atoms with Gasteiger partial charge in [-0.3, -0.25) is 0 Å². The van der Waals surface area contributed by atoms with Gasteiger partial charge in [0.05, 0.1) is 0 Å². The van der Waals surface area contributed by atoms with Crippen LogP contribution in [0.4, 0.5) is 4.39 Å². The van der Waals surface area contributed by atoms with Crippen molar-refractivity contribution in [3.8, 4) is 0 Å². The lowest BCUT2D eigenvalue weighted by Crippen LogP contribution is -2.41. The molecule has 120 valence electrons. The van der Waals surface area contributed by atoms with Gasteiger partial charge in [-0.25, -0.2) is 4.39 Å². The molecule has 2 N–H and O–H groups in total. The van der Waals surface area contributed by atoms with Gasteiger partial charge in [0.2, 0.25) is 0 Å². The standard InChI is InChI=1S/C20H21FO2/c1-19(22)14-9-5-6-10-15(14)20(2,23)18-13-8-4-3-7-12(13)17(21)11-16(18)19/h5-6,9-11,22-23H,3-4,7-8H2,1-2H3/t19-,20+/m1/s1. The molecule has 0 aliphatic heterocycles. The molecule has 0 aromatic heterocycles. The van der Waals surface area contributed by atoms with E-state index in [0.717, 1.165) is 24.8 Å². The minimum absolute atomic E-state index is 0.256. The van der Waals surface area contributed by atoms with E-state index >= 15 is 0 Å². The maximum Gasteiger partial charge on any atom is 0.127 e. The van der Waals surface area contributed by atoms with Crippen LogP contribution in [0.15, 0.2) is 30.3 Å². The maximum atomic E-state index is 14.6. The fraction of sp³-hybridized carbons (Fsp3) is 0.400. The molecule has 2 aliphatic carbocycles. The van der Waals surface area contributed by atoms with Gasteiger partial charge in [-0.2, -0.15) is 0 Å². The van der Waals surface area contributed by atoms with Crippen LogP contribution >= 0.6 is 0 Å². The first-order chi connectivity index (χ1) is 10.8. The molecule has 0 fully saturated rings. The third-order valence-corrected chi connectivity index (χ3v) is 5.59. The molecule has 0 heterocycles. The minimum Gasteiger partial charge on any atom is -0.381 e. The molecular formula is C20H21FO2. The molecular weight excluding hydrogens is 291 g/mol. The van der Waals surface area contributed by atoms with Gasteiger partial charge in [0.15, 0.2) is 0 Å². The molecule has 23 heavy (non-hydrogen) atoms. The molecule has 2 aliphatic rings. The molecule has 2 nitrogen and oxygen atoms in total. The van der Waals surface area contributed by atoms with Crippen molar-refractivity contribution in [3.05, 3.63) is 69.5 Å². The summed E-state index contributed by atoms with van der Waals surface area (Å²) in [6.45, 7) is 3.45. The van der Waals surface area contributed by atoms with Gasteiger partial charge in [-0.15, -0.1) is 0 Å². The van der Waals surface area contributed by atoms with Crippen LogP contribution in [-0.4, -0.2) is 10.2 Å². The number of hydrogen-bond acceptors (Lipinski definition) is 2. The molecule has 2 aromatic rings. The van der Waals surface area contributed by atoms with Crippen LogP contribution in [-0.2, 0) is 24.0 Å². The Morgan fingerprint density at radius 2 is 1.43 bits per heavy atom. The Kier molecular flexibility index (Phi) is 3.00. The number of hydrogen-bond donors (Lipinski definition) is 2. The largest absolute Gasteiger partial charge is 0.381 e. The monoisotopic (exact) mass is 312 g/mol. The molecule has 0 amide bonds. The molecule has 0 unspecified atom stereocenters. The number of benzene rings is 2. The normalized spacial score (nSPS) is 28.7. The molecule has 3 heteroatoms. The van der Waals surface area contributed by atoms with Gasteiger partial charge in [-0.1, -0.05) is 24.3 Å². The van der Waals surface area contributed by atoms with Crippen LogP contribution in [0, 0.1) is 5.82 Å². The van der Waals surface area contributed by atoms with Crippen LogP contribution < -0.4 is 0 Å². The van der Waals surface area contributed by atoms with Gasteiger partial charge in [0, 0.05) is 0 Å². The van der Waals surface area contributed by atoms with E-state index in [2.05, 4.69) is 0 Å². The van der Waals surface area contributed by atoms with Gasteiger partial charge >= 0.3 is 0 Å². The van der Waals surface area contributed by atoms with E-state index in [1.165, 1.54) is 6.07 Å². The zero-order valence-electron chi connectivity index (χ0n) is 13.5. The first-order valence-electron chi connectivity index (χ1n) is 8.25. The predicted octanol–water partition coefficient (Wildman–Crippen LogP) is 3.53. The van der Waals surface area contributed by atoms with E-state index in [1.807, 2.05) is 24.3 Å². The second-order valence-corrected chi connectivity index (χ2v) is 7.14. The Morgan fingerprint density at radius 3 is 2.09 bits per heavy atom. The van der Waals surface area contributed by atoms with Crippen molar-refractivity contribution in [1.29, 1.82) is 0 Å². The smallest absolute Gasteiger partial charge is 0.127 e. The zero-order valence-corrected chi connectivity index (χ0v) is 13.5. The average Bonchev–Trinajstić information content (AvgIpc) is 2.53. The van der Waals surface area contributed by atoms with Gasteiger partial charge in [0.25, 0.3) is 0 Å². The minimum atomic E-state index is -1.30. The van der Waals surface area contributed by atoms with E-state index in [4.69, 9.17) is 0 Å². The number of aliphatic hydroxyl groups is 2. The first-order valence-corrected chi connectivity index (χ1v) is 8.25. The summed E-state index contributed by atoms with van der Waals surface area (Å²) in [7, 11) is 0. The summed E-state index contributed by atoms with van der Waals surface area (Å²) < 4.78 is 14.6. The molecule has 2 atom stereocenters. The molecule has 0 bridgehead atoms. The zero-order chi connectivity index (χ0) is 16.4. The molecule has 0 saturated carbocycles. The van der Waals surface area contributed by atoms with E-state index in [-0.39, 0.29) is 5.82 Å². The van der Waals surface area contributed by atoms with Crippen molar-refractivity contribution >= 4 is 0 Å². The third kappa shape index (κ3) is 1.87. The number of halogens is 1. The van der Waals surface area contributed by atoms with Crippen molar-refractivity contribution in [1.82, 2.24) is 0 Å². The van der Waals surface area contributed by atoms with Crippen LogP contribution in [0.2, 0.25) is 0 Å². The summed E-state index contributed by atoms with van der Waals surface area (Å²) in [4.78, 5) is 0. The fourth-order valence-electron chi connectivity index (χ4n) is 4.45. The predicted molar refractivity (Wildman–Crippen MR) is 86.8 cm³/mol. The maximum absolute atomic E-state index is 14.6. The van der Waals surface area contributed by atoms with Crippen LogP contribution in [0.5, 0.6) is 0 Å². The summed E-state index contributed by atoms with van der Waals surface area (Å²) in [6, 6.07) is 8.80. The van der Waals surface area contributed by atoms with E-state index in [1.54, 1.807) is 13.8 Å². The van der Waals surface area contributed by atoms with Crippen molar-refractivity contribution in [2.24, 2.45) is 0 Å². The Labute approximate surface area is 135 Å². The second-order valence-electron chi connectivity index (χ2n) is 7.14. The number of fused-ring (bicyclic) bond motifs is 4. The highest BCUT2D eigenvalue weighted by Crippen LogP contribution is 2.50. The first kappa shape index (κ1) is 14.9. The van der Waals surface area contributed by atoms with Crippen molar-refractivity contribution in [3.63, 3.8) is 0 Å². The van der Waals surface area contributed by atoms with E-state index in [0.29, 0.717) is 34.2 Å². The molecule has 0 saturated heterocycles. The molecule has 2 aromatic carbocycles. The van der Waals surface area contributed by atoms with Gasteiger partial charge in [-0.05, 0) is 79.0 Å². The van der Waals surface area contributed by atoms with E-state index < -0.39 is 11.2 Å². The van der Waals surface area contributed by atoms with Crippen molar-refractivity contribution in [2.75, 3.05) is 0 Å². The highest BCUT2D eigenvalue weighted by atomic mass is 19.1. The van der Waals surface area contributed by atoms with E-state index in [9.17, 15) is 14.6 Å². The highest BCUT2D eigenvalue weighted by molar-refractivity contribution is 5.60. The molecule has 0 radical (unpaired) electrons. The Morgan fingerprint density at radius 1 is 0.870 bits per heavy atom.